The van der Waals surface area contributed by atoms with Gasteiger partial charge in [0, 0.05) is 22.3 Å². The van der Waals surface area contributed by atoms with Crippen molar-refractivity contribution in [2.24, 2.45) is 5.73 Å². The molecule has 0 spiro atoms. The summed E-state index contributed by atoms with van der Waals surface area (Å²) >= 11 is 7.16. The second-order valence-electron chi connectivity index (χ2n) is 7.20. The summed E-state index contributed by atoms with van der Waals surface area (Å²) in [6.45, 7) is -0.502. The maximum atomic E-state index is 12.5. The first-order valence-corrected chi connectivity index (χ1v) is 11.4. The molecule has 0 fully saturated rings. The second kappa shape index (κ2) is 10.3. The number of amides is 2. The van der Waals surface area contributed by atoms with E-state index in [1.807, 2.05) is 42.5 Å². The number of carbonyl (C=O) groups excluding carboxylic acids is 3. The maximum Gasteiger partial charge on any atom is 0.310 e. The number of para-hydroxylation sites is 1. The molecule has 4 rings (SSSR count). The zero-order valence-electron chi connectivity index (χ0n) is 17.7. The van der Waals surface area contributed by atoms with E-state index in [0.29, 0.717) is 21.3 Å². The average Bonchev–Trinajstić information content (AvgIpc) is 3.46. The normalized spacial score (nSPS) is 10.6. The van der Waals surface area contributed by atoms with Crippen LogP contribution in [0.15, 0.2) is 72.2 Å². The Labute approximate surface area is 203 Å². The molecule has 2 aromatic carbocycles. The van der Waals surface area contributed by atoms with Gasteiger partial charge in [0.2, 0.25) is 0 Å². The molecule has 0 aliphatic heterocycles. The van der Waals surface area contributed by atoms with Crippen LogP contribution in [0.4, 0.5) is 5.00 Å². The van der Waals surface area contributed by atoms with Gasteiger partial charge in [-0.3, -0.25) is 14.4 Å². The molecule has 10 heteroatoms. The molecular weight excluding hydrogens is 476 g/mol. The van der Waals surface area contributed by atoms with Crippen molar-refractivity contribution in [3.05, 3.63) is 88.4 Å². The first-order valence-electron chi connectivity index (χ1n) is 10.1. The number of halogens is 1. The molecule has 3 N–H and O–H groups in total. The lowest BCUT2D eigenvalue weighted by molar-refractivity contribution is -0.146. The largest absolute Gasteiger partial charge is 0.455 e. The van der Waals surface area contributed by atoms with E-state index in [1.54, 1.807) is 28.4 Å². The Balaban J connectivity index is 1.47. The van der Waals surface area contributed by atoms with Crippen LogP contribution < -0.4 is 11.1 Å². The Morgan fingerprint density at radius 2 is 1.79 bits per heavy atom. The van der Waals surface area contributed by atoms with Gasteiger partial charge >= 0.3 is 5.97 Å². The van der Waals surface area contributed by atoms with Crippen LogP contribution in [0.5, 0.6) is 0 Å². The smallest absolute Gasteiger partial charge is 0.310 e. The summed E-state index contributed by atoms with van der Waals surface area (Å²) in [6.07, 6.45) is 1.66. The number of carbonyl (C=O) groups is 3. The number of hydrogen-bond donors (Lipinski definition) is 2. The van der Waals surface area contributed by atoms with Crippen molar-refractivity contribution >= 4 is 45.7 Å². The van der Waals surface area contributed by atoms with E-state index in [9.17, 15) is 14.4 Å². The topological polar surface area (TPSA) is 116 Å². The van der Waals surface area contributed by atoms with Crippen molar-refractivity contribution in [1.29, 1.82) is 0 Å². The highest BCUT2D eigenvalue weighted by Crippen LogP contribution is 2.26. The van der Waals surface area contributed by atoms with E-state index in [1.165, 1.54) is 6.07 Å². The van der Waals surface area contributed by atoms with Gasteiger partial charge in [0.05, 0.1) is 23.4 Å². The van der Waals surface area contributed by atoms with Crippen LogP contribution in [0, 0.1) is 0 Å². The number of hydrogen-bond acceptors (Lipinski definition) is 6. The van der Waals surface area contributed by atoms with Gasteiger partial charge in [-0.25, -0.2) is 4.68 Å². The number of nitrogens with two attached hydrogens (primary N) is 1. The Kier molecular flexibility index (Phi) is 7.05. The Morgan fingerprint density at radius 3 is 2.50 bits per heavy atom. The monoisotopic (exact) mass is 494 g/mol. The van der Waals surface area contributed by atoms with Gasteiger partial charge in [-0.05, 0) is 35.7 Å². The van der Waals surface area contributed by atoms with Crippen molar-refractivity contribution in [2.75, 3.05) is 11.9 Å². The summed E-state index contributed by atoms with van der Waals surface area (Å²) in [5.41, 5.74) is 8.33. The minimum atomic E-state index is -0.654. The summed E-state index contributed by atoms with van der Waals surface area (Å²) in [5.74, 6) is -1.82. The van der Waals surface area contributed by atoms with E-state index in [4.69, 9.17) is 22.1 Å². The molecule has 0 aliphatic carbocycles. The molecule has 0 radical (unpaired) electrons. The van der Waals surface area contributed by atoms with E-state index in [2.05, 4.69) is 10.4 Å². The van der Waals surface area contributed by atoms with Crippen molar-refractivity contribution in [1.82, 2.24) is 9.78 Å². The Bertz CT molecular complexity index is 1330. The Hall–Kier alpha value is -3.95. The zero-order chi connectivity index (χ0) is 24.1. The van der Waals surface area contributed by atoms with Crippen LogP contribution in [-0.4, -0.2) is 34.2 Å². The number of thiophene rings is 1. The van der Waals surface area contributed by atoms with E-state index in [0.717, 1.165) is 22.6 Å². The van der Waals surface area contributed by atoms with Crippen LogP contribution in [0.25, 0.3) is 16.9 Å². The standard InChI is InChI=1S/C24H19ClN4O4S/c25-17-8-6-15(7-9-17)22-16(13-29(28-22)18-4-2-1-3-5-18)12-21(31)33-14-20(30)27-24-19(23(26)32)10-11-34-24/h1-11,13H,12,14H2,(H2,26,32)(H,27,30). The van der Waals surface area contributed by atoms with Crippen LogP contribution in [0.1, 0.15) is 15.9 Å². The highest BCUT2D eigenvalue weighted by atomic mass is 35.5. The van der Waals surface area contributed by atoms with Gasteiger partial charge in [-0.15, -0.1) is 11.3 Å². The first kappa shape index (κ1) is 23.2. The quantitative estimate of drug-likeness (QED) is 0.358. The number of aromatic nitrogens is 2. The number of nitrogens with zero attached hydrogens (tertiary/aromatic N) is 2. The number of primary amides is 1. The molecule has 2 heterocycles. The number of rotatable bonds is 8. The summed E-state index contributed by atoms with van der Waals surface area (Å²) in [5, 5.41) is 9.70. The molecule has 4 aromatic rings. The lowest BCUT2D eigenvalue weighted by atomic mass is 10.1. The zero-order valence-corrected chi connectivity index (χ0v) is 19.3. The van der Waals surface area contributed by atoms with Crippen LogP contribution in [0.3, 0.4) is 0 Å². The van der Waals surface area contributed by atoms with Crippen LogP contribution in [-0.2, 0) is 20.7 Å². The molecule has 8 nitrogen and oxygen atoms in total. The molecule has 0 bridgehead atoms. The van der Waals surface area contributed by atoms with Gasteiger partial charge < -0.3 is 15.8 Å². The lowest BCUT2D eigenvalue weighted by Gasteiger charge is -2.07. The molecule has 0 unspecified atom stereocenters. The van der Waals surface area contributed by atoms with Crippen LogP contribution in [0.2, 0.25) is 5.02 Å². The van der Waals surface area contributed by atoms with Gasteiger partial charge in [0.15, 0.2) is 6.61 Å². The highest BCUT2D eigenvalue weighted by molar-refractivity contribution is 7.14. The second-order valence-corrected chi connectivity index (χ2v) is 8.56. The minimum absolute atomic E-state index is 0.0936. The summed E-state index contributed by atoms with van der Waals surface area (Å²) in [4.78, 5) is 36.1. The number of esters is 1. The Morgan fingerprint density at radius 1 is 1.06 bits per heavy atom. The molecule has 34 heavy (non-hydrogen) atoms. The minimum Gasteiger partial charge on any atom is -0.455 e. The summed E-state index contributed by atoms with van der Waals surface area (Å²) in [7, 11) is 0. The molecular formula is C24H19ClN4O4S. The third kappa shape index (κ3) is 5.51. The van der Waals surface area contributed by atoms with Crippen LogP contribution >= 0.6 is 22.9 Å². The predicted molar refractivity (Wildman–Crippen MR) is 130 cm³/mol. The molecule has 2 aromatic heterocycles. The van der Waals surface area contributed by atoms with Crippen molar-refractivity contribution in [2.45, 2.75) is 6.42 Å². The number of nitrogens with one attached hydrogen (secondary N) is 1. The van der Waals surface area contributed by atoms with Crippen molar-refractivity contribution in [3.8, 4) is 16.9 Å². The highest BCUT2D eigenvalue weighted by Gasteiger charge is 2.18. The van der Waals surface area contributed by atoms with Gasteiger partial charge in [-0.2, -0.15) is 5.10 Å². The van der Waals surface area contributed by atoms with Gasteiger partial charge in [0.25, 0.3) is 11.8 Å². The molecule has 2 amide bonds. The SMILES string of the molecule is NC(=O)c1ccsc1NC(=O)COC(=O)Cc1cn(-c2ccccc2)nc1-c1ccc(Cl)cc1. The number of anilines is 1. The van der Waals surface area contributed by atoms with Gasteiger partial charge in [-0.1, -0.05) is 41.9 Å². The molecule has 0 saturated carbocycles. The van der Waals surface area contributed by atoms with E-state index < -0.39 is 24.4 Å². The van der Waals surface area contributed by atoms with E-state index in [-0.39, 0.29) is 12.0 Å². The number of ether oxygens (including phenoxy) is 1. The molecule has 0 saturated heterocycles. The summed E-state index contributed by atoms with van der Waals surface area (Å²) < 4.78 is 6.84. The molecule has 0 aliphatic rings. The number of benzene rings is 2. The third-order valence-electron chi connectivity index (χ3n) is 4.81. The van der Waals surface area contributed by atoms with E-state index >= 15 is 0 Å². The first-order chi connectivity index (χ1) is 16.4. The third-order valence-corrected chi connectivity index (χ3v) is 5.89. The fourth-order valence-corrected chi connectivity index (χ4v) is 4.15. The maximum absolute atomic E-state index is 12.5. The lowest BCUT2D eigenvalue weighted by Crippen LogP contribution is -2.22. The predicted octanol–water partition coefficient (Wildman–Crippen LogP) is 4.08. The van der Waals surface area contributed by atoms with Crippen molar-refractivity contribution in [3.63, 3.8) is 0 Å². The summed E-state index contributed by atoms with van der Waals surface area (Å²) in [6, 6.07) is 18.1. The average molecular weight is 495 g/mol. The fraction of sp³-hybridized carbons (Fsp3) is 0.0833. The fourth-order valence-electron chi connectivity index (χ4n) is 3.22. The van der Waals surface area contributed by atoms with Crippen molar-refractivity contribution < 1.29 is 19.1 Å². The molecule has 172 valence electrons. The van der Waals surface area contributed by atoms with Gasteiger partial charge in [0.1, 0.15) is 5.00 Å². The molecule has 0 atom stereocenters.